The molecular weight excluding hydrogens is 381 g/mol. The SMILES string of the molecule is Cc1ccccc1[C@H](C)NC(=O)CN1CCN(c2ccc(C(F)(F)F)cn2)CC1. The number of nitrogens with zero attached hydrogens (tertiary/aromatic N) is 3. The number of aromatic nitrogens is 1. The van der Waals surface area contributed by atoms with Gasteiger partial charge in [0.1, 0.15) is 5.82 Å². The van der Waals surface area contributed by atoms with E-state index in [2.05, 4.69) is 10.3 Å². The van der Waals surface area contributed by atoms with E-state index < -0.39 is 11.7 Å². The third-order valence-corrected chi connectivity index (χ3v) is 5.17. The highest BCUT2D eigenvalue weighted by atomic mass is 19.4. The number of anilines is 1. The van der Waals surface area contributed by atoms with Gasteiger partial charge in [0.25, 0.3) is 0 Å². The lowest BCUT2D eigenvalue weighted by Gasteiger charge is -2.35. The minimum atomic E-state index is -4.38. The molecule has 2 heterocycles. The molecule has 29 heavy (non-hydrogen) atoms. The normalized spacial score (nSPS) is 16.5. The fraction of sp³-hybridized carbons (Fsp3) is 0.429. The Labute approximate surface area is 168 Å². The largest absolute Gasteiger partial charge is 0.417 e. The summed E-state index contributed by atoms with van der Waals surface area (Å²) in [5.74, 6) is 0.483. The maximum atomic E-state index is 12.7. The Hall–Kier alpha value is -2.61. The van der Waals surface area contributed by atoms with E-state index in [1.54, 1.807) is 0 Å². The van der Waals surface area contributed by atoms with E-state index in [4.69, 9.17) is 0 Å². The van der Waals surface area contributed by atoms with Gasteiger partial charge < -0.3 is 10.2 Å². The predicted octanol–water partition coefficient (Wildman–Crippen LogP) is 3.41. The van der Waals surface area contributed by atoms with Crippen molar-refractivity contribution in [1.29, 1.82) is 0 Å². The Kier molecular flexibility index (Phi) is 6.42. The second-order valence-corrected chi connectivity index (χ2v) is 7.31. The number of hydrogen-bond donors (Lipinski definition) is 1. The molecule has 1 saturated heterocycles. The Morgan fingerprint density at radius 2 is 1.83 bits per heavy atom. The van der Waals surface area contributed by atoms with Crippen LogP contribution in [0.1, 0.15) is 29.7 Å². The number of aryl methyl sites for hydroxylation is 1. The van der Waals surface area contributed by atoms with Gasteiger partial charge in [-0.05, 0) is 37.1 Å². The molecule has 0 aliphatic carbocycles. The highest BCUT2D eigenvalue weighted by Gasteiger charge is 2.31. The lowest BCUT2D eigenvalue weighted by Crippen LogP contribution is -2.50. The Morgan fingerprint density at radius 1 is 1.14 bits per heavy atom. The summed E-state index contributed by atoms with van der Waals surface area (Å²) in [5, 5.41) is 3.03. The number of pyridine rings is 1. The first-order valence-electron chi connectivity index (χ1n) is 9.59. The zero-order chi connectivity index (χ0) is 21.0. The monoisotopic (exact) mass is 406 g/mol. The first kappa shape index (κ1) is 21.1. The fourth-order valence-corrected chi connectivity index (χ4v) is 3.52. The quantitative estimate of drug-likeness (QED) is 0.827. The van der Waals surface area contributed by atoms with Gasteiger partial charge in [0.2, 0.25) is 5.91 Å². The van der Waals surface area contributed by atoms with Crippen LogP contribution in [0.4, 0.5) is 19.0 Å². The van der Waals surface area contributed by atoms with E-state index in [9.17, 15) is 18.0 Å². The fourth-order valence-electron chi connectivity index (χ4n) is 3.52. The van der Waals surface area contributed by atoms with Crippen LogP contribution >= 0.6 is 0 Å². The number of amides is 1. The molecule has 1 aliphatic heterocycles. The summed E-state index contributed by atoms with van der Waals surface area (Å²) in [6, 6.07) is 10.3. The molecule has 8 heteroatoms. The van der Waals surface area contributed by atoms with Crippen molar-refractivity contribution in [3.63, 3.8) is 0 Å². The van der Waals surface area contributed by atoms with Crippen LogP contribution in [-0.2, 0) is 11.0 Å². The van der Waals surface area contributed by atoms with Gasteiger partial charge in [-0.25, -0.2) is 4.98 Å². The minimum absolute atomic E-state index is 0.0399. The van der Waals surface area contributed by atoms with Crippen LogP contribution in [0.25, 0.3) is 0 Å². The predicted molar refractivity (Wildman–Crippen MR) is 106 cm³/mol. The number of nitrogens with one attached hydrogen (secondary N) is 1. The molecule has 1 atom stereocenters. The summed E-state index contributed by atoms with van der Waals surface area (Å²) in [7, 11) is 0. The maximum absolute atomic E-state index is 12.7. The van der Waals surface area contributed by atoms with Gasteiger partial charge in [0.15, 0.2) is 0 Å². The summed E-state index contributed by atoms with van der Waals surface area (Å²) in [4.78, 5) is 20.3. The summed E-state index contributed by atoms with van der Waals surface area (Å²) in [5.41, 5.74) is 1.48. The molecule has 0 saturated carbocycles. The molecule has 5 nitrogen and oxygen atoms in total. The summed E-state index contributed by atoms with van der Waals surface area (Å²) < 4.78 is 38.0. The molecule has 3 rings (SSSR count). The standard InChI is InChI=1S/C21H25F3N4O/c1-15-5-3-4-6-18(15)16(2)26-20(29)14-27-9-11-28(12-10-27)19-8-7-17(13-25-19)21(22,23)24/h3-8,13,16H,9-12,14H2,1-2H3,(H,26,29)/t16-/m0/s1. The number of hydrogen-bond acceptors (Lipinski definition) is 4. The molecule has 1 N–H and O–H groups in total. The van der Waals surface area contributed by atoms with Crippen molar-refractivity contribution in [1.82, 2.24) is 15.2 Å². The van der Waals surface area contributed by atoms with E-state index in [0.717, 1.165) is 23.4 Å². The van der Waals surface area contributed by atoms with Crippen molar-refractivity contribution >= 4 is 11.7 Å². The van der Waals surface area contributed by atoms with Crippen LogP contribution in [-0.4, -0.2) is 48.5 Å². The van der Waals surface area contributed by atoms with Crippen LogP contribution in [0.3, 0.4) is 0 Å². The van der Waals surface area contributed by atoms with Crippen molar-refractivity contribution in [2.75, 3.05) is 37.6 Å². The number of benzene rings is 1. The molecule has 1 aromatic heterocycles. The van der Waals surface area contributed by atoms with Crippen LogP contribution < -0.4 is 10.2 Å². The first-order valence-corrected chi connectivity index (χ1v) is 9.59. The summed E-state index contributed by atoms with van der Waals surface area (Å²) in [6.45, 7) is 6.80. The van der Waals surface area contributed by atoms with Crippen LogP contribution in [0, 0.1) is 6.92 Å². The summed E-state index contributed by atoms with van der Waals surface area (Å²) in [6.07, 6.45) is -3.52. The van der Waals surface area contributed by atoms with Gasteiger partial charge in [-0.1, -0.05) is 24.3 Å². The van der Waals surface area contributed by atoms with Gasteiger partial charge in [0, 0.05) is 32.4 Å². The Balaban J connectivity index is 1.48. The molecule has 0 radical (unpaired) electrons. The third-order valence-electron chi connectivity index (χ3n) is 5.17. The van der Waals surface area contributed by atoms with Gasteiger partial charge in [-0.15, -0.1) is 0 Å². The highest BCUT2D eigenvalue weighted by Crippen LogP contribution is 2.29. The van der Waals surface area contributed by atoms with Crippen molar-refractivity contribution in [3.05, 3.63) is 59.3 Å². The minimum Gasteiger partial charge on any atom is -0.354 e. The number of piperazine rings is 1. The lowest BCUT2D eigenvalue weighted by molar-refractivity contribution is -0.137. The number of halogens is 3. The van der Waals surface area contributed by atoms with Crippen molar-refractivity contribution in [3.8, 4) is 0 Å². The molecule has 156 valence electrons. The Morgan fingerprint density at radius 3 is 2.41 bits per heavy atom. The van der Waals surface area contributed by atoms with Gasteiger partial charge in [-0.2, -0.15) is 13.2 Å². The third kappa shape index (κ3) is 5.47. The average Bonchev–Trinajstić information content (AvgIpc) is 2.68. The summed E-state index contributed by atoms with van der Waals surface area (Å²) >= 11 is 0. The van der Waals surface area contributed by atoms with Gasteiger partial charge in [0.05, 0.1) is 18.2 Å². The smallest absolute Gasteiger partial charge is 0.354 e. The van der Waals surface area contributed by atoms with E-state index in [0.29, 0.717) is 38.5 Å². The second kappa shape index (κ2) is 8.82. The molecule has 0 bridgehead atoms. The Bertz CT molecular complexity index is 831. The lowest BCUT2D eigenvalue weighted by atomic mass is 10.0. The first-order chi connectivity index (χ1) is 13.7. The second-order valence-electron chi connectivity index (χ2n) is 7.31. The number of rotatable bonds is 5. The molecule has 0 unspecified atom stereocenters. The van der Waals surface area contributed by atoms with Crippen LogP contribution in [0.15, 0.2) is 42.6 Å². The molecule has 1 amide bonds. The highest BCUT2D eigenvalue weighted by molar-refractivity contribution is 5.78. The zero-order valence-electron chi connectivity index (χ0n) is 16.5. The van der Waals surface area contributed by atoms with E-state index in [1.807, 2.05) is 47.9 Å². The van der Waals surface area contributed by atoms with E-state index in [-0.39, 0.29) is 11.9 Å². The molecule has 1 aliphatic rings. The number of carbonyl (C=O) groups excluding carboxylic acids is 1. The van der Waals surface area contributed by atoms with Crippen molar-refractivity contribution in [2.45, 2.75) is 26.1 Å². The number of alkyl halides is 3. The molecular formula is C21H25F3N4O. The number of carbonyl (C=O) groups is 1. The topological polar surface area (TPSA) is 48.5 Å². The average molecular weight is 406 g/mol. The maximum Gasteiger partial charge on any atom is 0.417 e. The molecule has 1 aromatic carbocycles. The van der Waals surface area contributed by atoms with Crippen LogP contribution in [0.2, 0.25) is 0 Å². The molecule has 1 fully saturated rings. The molecule has 2 aromatic rings. The molecule has 0 spiro atoms. The van der Waals surface area contributed by atoms with Crippen LogP contribution in [0.5, 0.6) is 0 Å². The zero-order valence-corrected chi connectivity index (χ0v) is 16.5. The van der Waals surface area contributed by atoms with Gasteiger partial charge in [-0.3, -0.25) is 9.69 Å². The van der Waals surface area contributed by atoms with Crippen molar-refractivity contribution in [2.24, 2.45) is 0 Å². The van der Waals surface area contributed by atoms with Gasteiger partial charge >= 0.3 is 6.18 Å². The van der Waals surface area contributed by atoms with E-state index >= 15 is 0 Å². The van der Waals surface area contributed by atoms with Crippen molar-refractivity contribution < 1.29 is 18.0 Å². The van der Waals surface area contributed by atoms with E-state index in [1.165, 1.54) is 6.07 Å².